The van der Waals surface area contributed by atoms with Crippen molar-refractivity contribution in [3.63, 3.8) is 0 Å². The average molecular weight is 322 g/mol. The molecule has 0 bridgehead atoms. The standard InChI is InChI=1S/C16H17BrFN/c1-2-16(12-6-4-3-5-7-12)19-11-13-8-9-14(17)10-15(13)18/h3-10,16,19H,2,11H2,1H3. The molecule has 0 amide bonds. The molecule has 0 radical (unpaired) electrons. The molecule has 2 aromatic carbocycles. The van der Waals surface area contributed by atoms with Gasteiger partial charge in [-0.15, -0.1) is 0 Å². The summed E-state index contributed by atoms with van der Waals surface area (Å²) in [5.74, 6) is -0.176. The van der Waals surface area contributed by atoms with Gasteiger partial charge in [-0.1, -0.05) is 59.3 Å². The van der Waals surface area contributed by atoms with Gasteiger partial charge in [0.25, 0.3) is 0 Å². The van der Waals surface area contributed by atoms with E-state index < -0.39 is 0 Å². The fraction of sp³-hybridized carbons (Fsp3) is 0.250. The van der Waals surface area contributed by atoms with Crippen LogP contribution in [0.15, 0.2) is 53.0 Å². The zero-order chi connectivity index (χ0) is 13.7. The Morgan fingerprint density at radius 3 is 2.53 bits per heavy atom. The minimum Gasteiger partial charge on any atom is -0.306 e. The zero-order valence-electron chi connectivity index (χ0n) is 10.9. The van der Waals surface area contributed by atoms with E-state index in [1.54, 1.807) is 0 Å². The monoisotopic (exact) mass is 321 g/mol. The molecule has 2 aromatic rings. The van der Waals surface area contributed by atoms with Crippen LogP contribution in [0.25, 0.3) is 0 Å². The van der Waals surface area contributed by atoms with E-state index in [0.717, 1.165) is 10.9 Å². The Morgan fingerprint density at radius 2 is 1.89 bits per heavy atom. The predicted octanol–water partition coefficient (Wildman–Crippen LogP) is 4.83. The molecule has 0 aliphatic heterocycles. The van der Waals surface area contributed by atoms with E-state index in [0.29, 0.717) is 12.1 Å². The lowest BCUT2D eigenvalue weighted by molar-refractivity contribution is 0.504. The molecule has 0 aliphatic carbocycles. The van der Waals surface area contributed by atoms with Crippen LogP contribution in [0.1, 0.15) is 30.5 Å². The molecule has 0 heterocycles. The molecule has 0 aromatic heterocycles. The third-order valence-electron chi connectivity index (χ3n) is 3.16. The van der Waals surface area contributed by atoms with Gasteiger partial charge in [0, 0.05) is 22.6 Å². The molecular weight excluding hydrogens is 305 g/mol. The molecule has 0 fully saturated rings. The summed E-state index contributed by atoms with van der Waals surface area (Å²) in [5, 5.41) is 3.41. The molecule has 0 aliphatic rings. The summed E-state index contributed by atoms with van der Waals surface area (Å²) >= 11 is 3.27. The molecule has 0 saturated heterocycles. The number of hydrogen-bond acceptors (Lipinski definition) is 1. The Morgan fingerprint density at radius 1 is 1.16 bits per heavy atom. The Labute approximate surface area is 122 Å². The first kappa shape index (κ1) is 14.2. The normalized spacial score (nSPS) is 12.4. The van der Waals surface area contributed by atoms with Crippen molar-refractivity contribution in [3.05, 3.63) is 69.9 Å². The van der Waals surface area contributed by atoms with Crippen molar-refractivity contribution in [2.75, 3.05) is 0 Å². The molecule has 1 N–H and O–H groups in total. The van der Waals surface area contributed by atoms with Crippen LogP contribution in [0.4, 0.5) is 4.39 Å². The molecule has 3 heteroatoms. The van der Waals surface area contributed by atoms with Crippen molar-refractivity contribution in [2.45, 2.75) is 25.9 Å². The second-order valence-corrected chi connectivity index (χ2v) is 5.40. The smallest absolute Gasteiger partial charge is 0.128 e. The first-order valence-electron chi connectivity index (χ1n) is 6.43. The first-order chi connectivity index (χ1) is 9.20. The van der Waals surface area contributed by atoms with E-state index in [2.05, 4.69) is 40.3 Å². The number of hydrogen-bond donors (Lipinski definition) is 1. The van der Waals surface area contributed by atoms with Crippen LogP contribution in [0.2, 0.25) is 0 Å². The molecule has 19 heavy (non-hydrogen) atoms. The van der Waals surface area contributed by atoms with Crippen molar-refractivity contribution >= 4 is 15.9 Å². The van der Waals surface area contributed by atoms with Crippen LogP contribution >= 0.6 is 15.9 Å². The lowest BCUT2D eigenvalue weighted by Gasteiger charge is -2.17. The first-order valence-corrected chi connectivity index (χ1v) is 7.22. The molecule has 0 saturated carbocycles. The molecule has 1 atom stereocenters. The Kier molecular flexibility index (Phi) is 5.11. The van der Waals surface area contributed by atoms with Gasteiger partial charge in [-0.05, 0) is 24.1 Å². The third kappa shape index (κ3) is 3.88. The second-order valence-electron chi connectivity index (χ2n) is 4.49. The fourth-order valence-corrected chi connectivity index (χ4v) is 2.41. The fourth-order valence-electron chi connectivity index (χ4n) is 2.08. The van der Waals surface area contributed by atoms with Gasteiger partial charge in [0.2, 0.25) is 0 Å². The van der Waals surface area contributed by atoms with Gasteiger partial charge >= 0.3 is 0 Å². The van der Waals surface area contributed by atoms with E-state index in [-0.39, 0.29) is 11.9 Å². The predicted molar refractivity (Wildman–Crippen MR) is 80.4 cm³/mol. The maximum atomic E-state index is 13.7. The summed E-state index contributed by atoms with van der Waals surface area (Å²) in [7, 11) is 0. The lowest BCUT2D eigenvalue weighted by Crippen LogP contribution is -2.20. The summed E-state index contributed by atoms with van der Waals surface area (Å²) in [6, 6.07) is 15.7. The van der Waals surface area contributed by atoms with Crippen molar-refractivity contribution < 1.29 is 4.39 Å². The number of halogens is 2. The largest absolute Gasteiger partial charge is 0.306 e. The van der Waals surface area contributed by atoms with Crippen LogP contribution < -0.4 is 5.32 Å². The van der Waals surface area contributed by atoms with Gasteiger partial charge in [0.05, 0.1) is 0 Å². The number of benzene rings is 2. The zero-order valence-corrected chi connectivity index (χ0v) is 12.5. The second kappa shape index (κ2) is 6.83. The van der Waals surface area contributed by atoms with Crippen molar-refractivity contribution in [1.82, 2.24) is 5.32 Å². The molecule has 1 nitrogen and oxygen atoms in total. The quantitative estimate of drug-likeness (QED) is 0.831. The Hall–Kier alpha value is -1.19. The maximum absolute atomic E-state index is 13.7. The highest BCUT2D eigenvalue weighted by atomic mass is 79.9. The summed E-state index contributed by atoms with van der Waals surface area (Å²) < 4.78 is 14.5. The Balaban J connectivity index is 2.04. The topological polar surface area (TPSA) is 12.0 Å². The maximum Gasteiger partial charge on any atom is 0.128 e. The SMILES string of the molecule is CCC(NCc1ccc(Br)cc1F)c1ccccc1. The Bertz CT molecular complexity index is 528. The van der Waals surface area contributed by atoms with Crippen molar-refractivity contribution in [3.8, 4) is 0 Å². The minimum atomic E-state index is -0.176. The molecule has 1 unspecified atom stereocenters. The van der Waals surface area contributed by atoms with Crippen LogP contribution in [0, 0.1) is 5.82 Å². The van der Waals surface area contributed by atoms with Gasteiger partial charge in [0.15, 0.2) is 0 Å². The molecule has 2 rings (SSSR count). The summed E-state index contributed by atoms with van der Waals surface area (Å²) in [6.45, 7) is 2.66. The van der Waals surface area contributed by atoms with E-state index in [4.69, 9.17) is 0 Å². The molecule has 0 spiro atoms. The summed E-state index contributed by atoms with van der Waals surface area (Å²) in [4.78, 5) is 0. The van der Waals surface area contributed by atoms with Gasteiger partial charge in [-0.3, -0.25) is 0 Å². The van der Waals surface area contributed by atoms with Crippen LogP contribution in [-0.4, -0.2) is 0 Å². The van der Waals surface area contributed by atoms with Gasteiger partial charge in [0.1, 0.15) is 5.82 Å². The highest BCUT2D eigenvalue weighted by Gasteiger charge is 2.09. The highest BCUT2D eigenvalue weighted by Crippen LogP contribution is 2.19. The average Bonchev–Trinajstić information content (AvgIpc) is 2.43. The van der Waals surface area contributed by atoms with E-state index in [9.17, 15) is 4.39 Å². The number of rotatable bonds is 5. The van der Waals surface area contributed by atoms with Gasteiger partial charge in [-0.2, -0.15) is 0 Å². The lowest BCUT2D eigenvalue weighted by atomic mass is 10.0. The van der Waals surface area contributed by atoms with Gasteiger partial charge < -0.3 is 5.32 Å². The number of nitrogens with one attached hydrogen (secondary N) is 1. The summed E-state index contributed by atoms with van der Waals surface area (Å²) in [5.41, 5.74) is 1.93. The molecular formula is C16H17BrFN. The van der Waals surface area contributed by atoms with Crippen LogP contribution in [0.3, 0.4) is 0 Å². The van der Waals surface area contributed by atoms with Crippen LogP contribution in [0.5, 0.6) is 0 Å². The van der Waals surface area contributed by atoms with Crippen molar-refractivity contribution in [2.24, 2.45) is 0 Å². The van der Waals surface area contributed by atoms with Crippen molar-refractivity contribution in [1.29, 1.82) is 0 Å². The van der Waals surface area contributed by atoms with E-state index in [1.807, 2.05) is 30.3 Å². The third-order valence-corrected chi connectivity index (χ3v) is 3.66. The van der Waals surface area contributed by atoms with E-state index in [1.165, 1.54) is 11.6 Å². The van der Waals surface area contributed by atoms with E-state index >= 15 is 0 Å². The van der Waals surface area contributed by atoms with Gasteiger partial charge in [-0.25, -0.2) is 4.39 Å². The highest BCUT2D eigenvalue weighted by molar-refractivity contribution is 9.10. The summed E-state index contributed by atoms with van der Waals surface area (Å²) in [6.07, 6.45) is 0.974. The molecule has 100 valence electrons. The van der Waals surface area contributed by atoms with Crippen LogP contribution in [-0.2, 0) is 6.54 Å². The minimum absolute atomic E-state index is 0.176.